The molecule has 6 heteroatoms. The maximum atomic E-state index is 13.3. The van der Waals surface area contributed by atoms with Crippen LogP contribution in [0.5, 0.6) is 5.75 Å². The topological polar surface area (TPSA) is 74.4 Å². The summed E-state index contributed by atoms with van der Waals surface area (Å²) in [6, 6.07) is 7.82. The third-order valence-corrected chi connectivity index (χ3v) is 8.15. The van der Waals surface area contributed by atoms with Crippen molar-refractivity contribution in [2.24, 2.45) is 16.2 Å². The van der Waals surface area contributed by atoms with Gasteiger partial charge in [0.1, 0.15) is 18.5 Å². The number of allylic oxidation sites excluding steroid dienone is 2. The first kappa shape index (κ1) is 21.6. The van der Waals surface area contributed by atoms with Crippen LogP contribution in [-0.2, 0) is 23.8 Å². The Hall–Kier alpha value is -2.60. The zero-order chi connectivity index (χ0) is 22.8. The van der Waals surface area contributed by atoms with E-state index < -0.39 is 28.2 Å². The minimum atomic E-state index is -0.738. The standard InChI is InChI=1S/C25H30O6/c1-14-18(15-8-10-16(28-6)11-9-15)25(5)19(21(26)29-7)20(24(14,4)23(25,2)3)22(27)31-13-17-12-30-17/h8-11,17H,12-13H2,1-7H3/t17?,24-,25+/m1/s1. The molecular weight excluding hydrogens is 396 g/mol. The summed E-state index contributed by atoms with van der Waals surface area (Å²) < 4.78 is 21.3. The van der Waals surface area contributed by atoms with Gasteiger partial charge in [0, 0.05) is 10.8 Å². The van der Waals surface area contributed by atoms with Crippen LogP contribution in [0.4, 0.5) is 0 Å². The molecule has 0 amide bonds. The number of epoxide rings is 1. The average molecular weight is 427 g/mol. The highest BCUT2D eigenvalue weighted by atomic mass is 16.6. The first-order valence-electron chi connectivity index (χ1n) is 10.5. The quantitative estimate of drug-likeness (QED) is 0.507. The Labute approximate surface area is 183 Å². The Morgan fingerprint density at radius 1 is 1.00 bits per heavy atom. The van der Waals surface area contributed by atoms with Crippen molar-refractivity contribution in [3.05, 3.63) is 46.5 Å². The summed E-state index contributed by atoms with van der Waals surface area (Å²) in [5, 5.41) is 0. The molecule has 0 saturated carbocycles. The average Bonchev–Trinajstić information content (AvgIpc) is 3.55. The molecule has 0 spiro atoms. The number of esters is 2. The van der Waals surface area contributed by atoms with Crippen molar-refractivity contribution < 1.29 is 28.5 Å². The van der Waals surface area contributed by atoms with Crippen LogP contribution in [0.3, 0.4) is 0 Å². The molecule has 3 atom stereocenters. The monoisotopic (exact) mass is 426 g/mol. The second-order valence-corrected chi connectivity index (χ2v) is 9.40. The first-order chi connectivity index (χ1) is 14.6. The van der Waals surface area contributed by atoms with Crippen molar-refractivity contribution in [2.45, 2.75) is 40.7 Å². The van der Waals surface area contributed by atoms with Gasteiger partial charge in [0.15, 0.2) is 0 Å². The van der Waals surface area contributed by atoms with Crippen LogP contribution in [0, 0.1) is 16.2 Å². The number of benzene rings is 1. The summed E-state index contributed by atoms with van der Waals surface area (Å²) >= 11 is 0. The zero-order valence-electron chi connectivity index (χ0n) is 19.3. The van der Waals surface area contributed by atoms with E-state index in [1.807, 2.05) is 38.1 Å². The third-order valence-electron chi connectivity index (χ3n) is 8.15. The van der Waals surface area contributed by atoms with Gasteiger partial charge in [0.25, 0.3) is 0 Å². The van der Waals surface area contributed by atoms with Crippen molar-refractivity contribution in [2.75, 3.05) is 27.4 Å². The molecule has 2 bridgehead atoms. The van der Waals surface area contributed by atoms with E-state index in [-0.39, 0.29) is 12.7 Å². The number of fused-ring (bicyclic) bond motifs is 2. The maximum Gasteiger partial charge on any atom is 0.335 e. The van der Waals surface area contributed by atoms with E-state index in [2.05, 4.69) is 20.8 Å². The van der Waals surface area contributed by atoms with Crippen molar-refractivity contribution in [3.8, 4) is 5.75 Å². The Morgan fingerprint density at radius 3 is 2.10 bits per heavy atom. The van der Waals surface area contributed by atoms with Crippen LogP contribution in [0.1, 0.15) is 40.2 Å². The molecule has 0 N–H and O–H groups in total. The predicted octanol–water partition coefficient (Wildman–Crippen LogP) is 3.95. The van der Waals surface area contributed by atoms with Gasteiger partial charge in [-0.15, -0.1) is 0 Å². The molecule has 2 aliphatic carbocycles. The lowest BCUT2D eigenvalue weighted by Crippen LogP contribution is -2.39. The minimum absolute atomic E-state index is 0.0485. The lowest BCUT2D eigenvalue weighted by molar-refractivity contribution is -0.142. The number of ether oxygens (including phenoxy) is 4. The van der Waals surface area contributed by atoms with Gasteiger partial charge in [0.05, 0.1) is 32.0 Å². The highest BCUT2D eigenvalue weighted by molar-refractivity contribution is 6.10. The van der Waals surface area contributed by atoms with Crippen molar-refractivity contribution >= 4 is 17.5 Å². The van der Waals surface area contributed by atoms with Crippen molar-refractivity contribution in [3.63, 3.8) is 0 Å². The molecule has 1 aliphatic heterocycles. The Kier molecular flexibility index (Phi) is 4.85. The van der Waals surface area contributed by atoms with Crippen LogP contribution in [-0.4, -0.2) is 45.5 Å². The molecule has 1 fully saturated rings. The first-order valence-corrected chi connectivity index (χ1v) is 10.5. The zero-order valence-corrected chi connectivity index (χ0v) is 19.3. The van der Waals surface area contributed by atoms with Gasteiger partial charge in [-0.1, -0.05) is 45.4 Å². The summed E-state index contributed by atoms with van der Waals surface area (Å²) in [6.45, 7) is 11.1. The molecule has 0 aromatic heterocycles. The normalized spacial score (nSPS) is 30.5. The van der Waals surface area contributed by atoms with E-state index in [0.29, 0.717) is 17.8 Å². The SMILES string of the molecule is COC(=O)C1=C(C(=O)OCC2CO2)[C@@]2(C)C(C)=C(c3ccc(OC)cc3)[C@]1(C)C2(C)C. The van der Waals surface area contributed by atoms with Crippen LogP contribution in [0.15, 0.2) is 41.0 Å². The van der Waals surface area contributed by atoms with E-state index in [1.165, 1.54) is 7.11 Å². The van der Waals surface area contributed by atoms with Gasteiger partial charge < -0.3 is 18.9 Å². The van der Waals surface area contributed by atoms with Gasteiger partial charge in [-0.05, 0) is 35.6 Å². The van der Waals surface area contributed by atoms with E-state index in [1.54, 1.807) is 7.11 Å². The lowest BCUT2D eigenvalue weighted by atomic mass is 9.59. The van der Waals surface area contributed by atoms with Gasteiger partial charge in [-0.2, -0.15) is 0 Å². The van der Waals surface area contributed by atoms with Crippen LogP contribution < -0.4 is 4.74 Å². The van der Waals surface area contributed by atoms with Crippen molar-refractivity contribution in [1.82, 2.24) is 0 Å². The van der Waals surface area contributed by atoms with Gasteiger partial charge in [-0.3, -0.25) is 0 Å². The van der Waals surface area contributed by atoms with Gasteiger partial charge >= 0.3 is 11.9 Å². The molecule has 6 nitrogen and oxygen atoms in total. The summed E-state index contributed by atoms with van der Waals surface area (Å²) in [5.41, 5.74) is 2.01. The smallest absolute Gasteiger partial charge is 0.335 e. The molecule has 1 aromatic carbocycles. The largest absolute Gasteiger partial charge is 0.497 e. The summed E-state index contributed by atoms with van der Waals surface area (Å²) in [5.74, 6) is -0.202. The molecule has 31 heavy (non-hydrogen) atoms. The van der Waals surface area contributed by atoms with E-state index in [0.717, 1.165) is 22.5 Å². The molecule has 1 saturated heterocycles. The van der Waals surface area contributed by atoms with Crippen LogP contribution in [0.2, 0.25) is 0 Å². The molecule has 166 valence electrons. The molecule has 0 radical (unpaired) electrons. The number of hydrogen-bond acceptors (Lipinski definition) is 6. The fourth-order valence-electron chi connectivity index (χ4n) is 5.73. The highest BCUT2D eigenvalue weighted by Gasteiger charge is 2.73. The number of carbonyl (C=O) groups excluding carboxylic acids is 2. The van der Waals surface area contributed by atoms with E-state index >= 15 is 0 Å². The summed E-state index contributed by atoms with van der Waals surface area (Å²) in [6.07, 6.45) is -0.0485. The van der Waals surface area contributed by atoms with E-state index in [4.69, 9.17) is 18.9 Å². The minimum Gasteiger partial charge on any atom is -0.497 e. The molecule has 1 unspecified atom stereocenters. The number of hydrogen-bond donors (Lipinski definition) is 0. The summed E-state index contributed by atoms with van der Waals surface area (Å²) in [4.78, 5) is 26.5. The Bertz CT molecular complexity index is 1010. The molecular formula is C25H30O6. The Morgan fingerprint density at radius 2 is 1.58 bits per heavy atom. The number of carbonyl (C=O) groups is 2. The fraction of sp³-hybridized carbons (Fsp3) is 0.520. The molecule has 3 aliphatic rings. The second-order valence-electron chi connectivity index (χ2n) is 9.40. The van der Waals surface area contributed by atoms with Gasteiger partial charge in [-0.25, -0.2) is 9.59 Å². The predicted molar refractivity (Wildman–Crippen MR) is 115 cm³/mol. The number of rotatable bonds is 6. The summed E-state index contributed by atoms with van der Waals surface area (Å²) in [7, 11) is 2.98. The number of methoxy groups -OCH3 is 2. The Balaban J connectivity index is 1.91. The van der Waals surface area contributed by atoms with Crippen LogP contribution >= 0.6 is 0 Å². The third kappa shape index (κ3) is 2.67. The second kappa shape index (κ2) is 6.95. The lowest BCUT2D eigenvalue weighted by Gasteiger charge is -2.42. The van der Waals surface area contributed by atoms with E-state index in [9.17, 15) is 9.59 Å². The molecule has 1 heterocycles. The molecule has 1 aromatic rings. The highest BCUT2D eigenvalue weighted by Crippen LogP contribution is 2.77. The van der Waals surface area contributed by atoms with Crippen molar-refractivity contribution in [1.29, 1.82) is 0 Å². The fourth-order valence-corrected chi connectivity index (χ4v) is 5.73. The van der Waals surface area contributed by atoms with Crippen LogP contribution in [0.25, 0.3) is 5.57 Å². The molecule has 4 rings (SSSR count). The maximum absolute atomic E-state index is 13.3. The van der Waals surface area contributed by atoms with Gasteiger partial charge in [0.2, 0.25) is 0 Å².